The summed E-state index contributed by atoms with van der Waals surface area (Å²) in [6, 6.07) is 28.0. The van der Waals surface area contributed by atoms with Gasteiger partial charge in [-0.05, 0) is 40.3 Å². The maximum absolute atomic E-state index is 13.5. The summed E-state index contributed by atoms with van der Waals surface area (Å²) in [5.74, 6) is 1.10. The van der Waals surface area contributed by atoms with E-state index in [1.54, 1.807) is 16.4 Å². The van der Waals surface area contributed by atoms with Crippen LogP contribution >= 0.6 is 23.5 Å². The number of rotatable bonds is 5. The number of anilines is 1. The van der Waals surface area contributed by atoms with Crippen LogP contribution in [0.1, 0.15) is 11.6 Å². The fourth-order valence-corrected chi connectivity index (χ4v) is 5.53. The van der Waals surface area contributed by atoms with Gasteiger partial charge in [-0.3, -0.25) is 4.79 Å². The lowest BCUT2D eigenvalue weighted by atomic mass is 10.1. The SMILES string of the molecule is O=C(CSc1nnnn1-c1ccccc1)N1c2ccccc2SC[C@@H]1c1ccccc1. The minimum Gasteiger partial charge on any atom is -0.302 e. The Morgan fingerprint density at radius 1 is 0.968 bits per heavy atom. The molecule has 4 aromatic rings. The van der Waals surface area contributed by atoms with Crippen LogP contribution in [0.3, 0.4) is 0 Å². The van der Waals surface area contributed by atoms with Gasteiger partial charge in [-0.1, -0.05) is 72.4 Å². The first-order valence-electron chi connectivity index (χ1n) is 9.87. The summed E-state index contributed by atoms with van der Waals surface area (Å²) in [6.45, 7) is 0. The molecule has 0 saturated carbocycles. The molecule has 31 heavy (non-hydrogen) atoms. The molecule has 0 bridgehead atoms. The van der Waals surface area contributed by atoms with Gasteiger partial charge in [-0.25, -0.2) is 0 Å². The minimum absolute atomic E-state index is 0.0145. The average Bonchev–Trinajstić information content (AvgIpc) is 3.31. The molecule has 0 unspecified atom stereocenters. The number of carbonyl (C=O) groups excluding carboxylic acids is 1. The molecule has 1 atom stereocenters. The zero-order valence-corrected chi connectivity index (χ0v) is 18.2. The Morgan fingerprint density at radius 2 is 1.68 bits per heavy atom. The van der Waals surface area contributed by atoms with Crippen LogP contribution in [-0.4, -0.2) is 37.6 Å². The number of thioether (sulfide) groups is 2. The van der Waals surface area contributed by atoms with E-state index in [-0.39, 0.29) is 17.7 Å². The molecule has 1 amide bonds. The van der Waals surface area contributed by atoms with Crippen molar-refractivity contribution in [2.75, 3.05) is 16.4 Å². The molecule has 0 saturated heterocycles. The molecule has 5 rings (SSSR count). The van der Waals surface area contributed by atoms with Crippen molar-refractivity contribution in [2.45, 2.75) is 16.1 Å². The summed E-state index contributed by atoms with van der Waals surface area (Å²) < 4.78 is 1.66. The van der Waals surface area contributed by atoms with Crippen molar-refractivity contribution < 1.29 is 4.79 Å². The Kier molecular flexibility index (Phi) is 5.73. The van der Waals surface area contributed by atoms with Gasteiger partial charge < -0.3 is 4.90 Å². The molecular weight excluding hydrogens is 426 g/mol. The van der Waals surface area contributed by atoms with Crippen LogP contribution in [0.5, 0.6) is 0 Å². The zero-order chi connectivity index (χ0) is 21.0. The van der Waals surface area contributed by atoms with Crippen LogP contribution in [0, 0.1) is 0 Å². The quantitative estimate of drug-likeness (QED) is 0.417. The second kappa shape index (κ2) is 8.95. The molecule has 1 aliphatic rings. The highest BCUT2D eigenvalue weighted by Gasteiger charge is 2.32. The molecule has 0 aliphatic carbocycles. The Morgan fingerprint density at radius 3 is 2.48 bits per heavy atom. The van der Waals surface area contributed by atoms with Gasteiger partial charge in [0.15, 0.2) is 0 Å². The number of carbonyl (C=O) groups is 1. The van der Waals surface area contributed by atoms with E-state index in [1.165, 1.54) is 11.8 Å². The predicted octanol–water partition coefficient (Wildman–Crippen LogP) is 4.63. The van der Waals surface area contributed by atoms with Crippen molar-refractivity contribution in [1.82, 2.24) is 20.2 Å². The molecule has 0 N–H and O–H groups in total. The number of tetrazole rings is 1. The highest BCUT2D eigenvalue weighted by Crippen LogP contribution is 2.43. The van der Waals surface area contributed by atoms with Gasteiger partial charge in [0.25, 0.3) is 0 Å². The van der Waals surface area contributed by atoms with Gasteiger partial charge in [-0.15, -0.1) is 16.9 Å². The fourth-order valence-electron chi connectivity index (χ4n) is 3.61. The molecule has 3 aromatic carbocycles. The number of aromatic nitrogens is 4. The average molecular weight is 446 g/mol. The molecule has 8 heteroatoms. The Bertz CT molecular complexity index is 1180. The summed E-state index contributed by atoms with van der Waals surface area (Å²) in [4.78, 5) is 16.6. The van der Waals surface area contributed by atoms with Gasteiger partial charge >= 0.3 is 0 Å². The summed E-state index contributed by atoms with van der Waals surface area (Å²) >= 11 is 3.14. The maximum Gasteiger partial charge on any atom is 0.238 e. The highest BCUT2D eigenvalue weighted by atomic mass is 32.2. The first-order valence-corrected chi connectivity index (χ1v) is 11.8. The third-order valence-corrected chi connectivity index (χ3v) is 7.10. The number of benzene rings is 3. The van der Waals surface area contributed by atoms with E-state index >= 15 is 0 Å². The molecule has 154 valence electrons. The van der Waals surface area contributed by atoms with Crippen LogP contribution in [-0.2, 0) is 4.79 Å². The van der Waals surface area contributed by atoms with Gasteiger partial charge in [-0.2, -0.15) is 4.68 Å². The van der Waals surface area contributed by atoms with E-state index in [1.807, 2.05) is 71.6 Å². The van der Waals surface area contributed by atoms with Crippen LogP contribution in [0.25, 0.3) is 5.69 Å². The van der Waals surface area contributed by atoms with Crippen LogP contribution < -0.4 is 4.90 Å². The van der Waals surface area contributed by atoms with Crippen LogP contribution in [0.4, 0.5) is 5.69 Å². The fraction of sp³-hybridized carbons (Fsp3) is 0.130. The number of nitrogens with zero attached hydrogens (tertiary/aromatic N) is 5. The van der Waals surface area contributed by atoms with E-state index in [0.29, 0.717) is 5.16 Å². The third-order valence-electron chi connectivity index (χ3n) is 5.05. The largest absolute Gasteiger partial charge is 0.302 e. The van der Waals surface area contributed by atoms with E-state index in [4.69, 9.17) is 0 Å². The monoisotopic (exact) mass is 445 g/mol. The Balaban J connectivity index is 1.41. The molecule has 0 fully saturated rings. The summed E-state index contributed by atoms with van der Waals surface area (Å²) in [5, 5.41) is 12.6. The van der Waals surface area contributed by atoms with Gasteiger partial charge in [0.2, 0.25) is 11.1 Å². The molecule has 0 radical (unpaired) electrons. The zero-order valence-electron chi connectivity index (χ0n) is 16.5. The predicted molar refractivity (Wildman–Crippen MR) is 124 cm³/mol. The lowest BCUT2D eigenvalue weighted by Gasteiger charge is -2.37. The lowest BCUT2D eigenvalue weighted by molar-refractivity contribution is -0.116. The highest BCUT2D eigenvalue weighted by molar-refractivity contribution is 8.00. The lowest BCUT2D eigenvalue weighted by Crippen LogP contribution is -2.39. The van der Waals surface area contributed by atoms with E-state index in [2.05, 4.69) is 33.7 Å². The van der Waals surface area contributed by atoms with Gasteiger partial charge in [0.05, 0.1) is 23.2 Å². The van der Waals surface area contributed by atoms with Crippen LogP contribution in [0.15, 0.2) is 95.0 Å². The van der Waals surface area contributed by atoms with Crippen molar-refractivity contribution in [3.63, 3.8) is 0 Å². The smallest absolute Gasteiger partial charge is 0.238 e. The second-order valence-electron chi connectivity index (χ2n) is 6.97. The van der Waals surface area contributed by atoms with Crippen molar-refractivity contribution in [3.05, 3.63) is 90.5 Å². The van der Waals surface area contributed by atoms with Crippen LogP contribution in [0.2, 0.25) is 0 Å². The molecular formula is C23H19N5OS2. The van der Waals surface area contributed by atoms with Crippen molar-refractivity contribution >= 4 is 35.1 Å². The van der Waals surface area contributed by atoms with Gasteiger partial charge in [0, 0.05) is 10.6 Å². The first-order chi connectivity index (χ1) is 15.3. The maximum atomic E-state index is 13.5. The number of hydrogen-bond acceptors (Lipinski definition) is 6. The Hall–Kier alpha value is -3.10. The Labute approximate surface area is 188 Å². The molecule has 1 aromatic heterocycles. The van der Waals surface area contributed by atoms with E-state index in [9.17, 15) is 4.79 Å². The molecule has 1 aliphatic heterocycles. The van der Waals surface area contributed by atoms with E-state index < -0.39 is 0 Å². The second-order valence-corrected chi connectivity index (χ2v) is 8.97. The number of fused-ring (bicyclic) bond motifs is 1. The number of hydrogen-bond donors (Lipinski definition) is 0. The molecule has 6 nitrogen and oxygen atoms in total. The number of amides is 1. The normalized spacial score (nSPS) is 15.5. The molecule has 2 heterocycles. The van der Waals surface area contributed by atoms with Crippen molar-refractivity contribution in [2.24, 2.45) is 0 Å². The van der Waals surface area contributed by atoms with Crippen molar-refractivity contribution in [3.8, 4) is 5.69 Å². The third kappa shape index (κ3) is 4.08. The summed E-state index contributed by atoms with van der Waals surface area (Å²) in [5.41, 5.74) is 2.96. The van der Waals surface area contributed by atoms with Crippen molar-refractivity contribution in [1.29, 1.82) is 0 Å². The summed E-state index contributed by atoms with van der Waals surface area (Å²) in [7, 11) is 0. The molecule has 0 spiro atoms. The topological polar surface area (TPSA) is 63.9 Å². The van der Waals surface area contributed by atoms with Gasteiger partial charge in [0.1, 0.15) is 0 Å². The van der Waals surface area contributed by atoms with E-state index in [0.717, 1.165) is 27.6 Å². The minimum atomic E-state index is -0.0145. The summed E-state index contributed by atoms with van der Waals surface area (Å²) in [6.07, 6.45) is 0. The number of para-hydroxylation sites is 2. The standard InChI is InChI=1S/C23H19N5OS2/c29-22(16-31-23-24-25-26-28(23)18-11-5-2-6-12-18)27-19-13-7-8-14-21(19)30-15-20(27)17-9-3-1-4-10-17/h1-14,20H,15-16H2/t20-/m1/s1. The first kappa shape index (κ1) is 19.8.